The van der Waals surface area contributed by atoms with Crippen molar-refractivity contribution in [3.8, 4) is 0 Å². The van der Waals surface area contributed by atoms with Gasteiger partial charge in [-0.3, -0.25) is 0 Å². The number of hydrogen-bond donors (Lipinski definition) is 1. The highest BCUT2D eigenvalue weighted by molar-refractivity contribution is 5.42. The van der Waals surface area contributed by atoms with Gasteiger partial charge in [-0.2, -0.15) is 0 Å². The minimum atomic E-state index is 0.528. The number of rotatable bonds is 2. The standard InChI is InChI=1S/C11H16N6/c1-8-3-2-4-9(7-8)12-10-5-6-11-13-15-16-17(11)14-10/h5-6,8-9H,2-4,7H2,1H3,(H,12,14)/t8-,9-/m1/s1. The van der Waals surface area contributed by atoms with Crippen LogP contribution in [0.4, 0.5) is 5.82 Å². The molecule has 2 aromatic heterocycles. The molecule has 2 atom stereocenters. The molecule has 1 fully saturated rings. The van der Waals surface area contributed by atoms with Crippen molar-refractivity contribution in [1.29, 1.82) is 0 Å². The average Bonchev–Trinajstić information content (AvgIpc) is 2.76. The fourth-order valence-corrected chi connectivity index (χ4v) is 2.50. The summed E-state index contributed by atoms with van der Waals surface area (Å²) in [7, 11) is 0. The third-order valence-electron chi connectivity index (χ3n) is 3.36. The first-order valence-electron chi connectivity index (χ1n) is 6.13. The predicted molar refractivity (Wildman–Crippen MR) is 63.6 cm³/mol. The van der Waals surface area contributed by atoms with Crippen LogP contribution < -0.4 is 5.32 Å². The fraction of sp³-hybridized carbons (Fsp3) is 0.636. The van der Waals surface area contributed by atoms with E-state index in [0.29, 0.717) is 11.7 Å². The van der Waals surface area contributed by atoms with Gasteiger partial charge in [0.15, 0.2) is 5.65 Å². The SMILES string of the molecule is C[C@@H]1CCC[C@@H](Nc2ccc3nnnn3n2)C1. The summed E-state index contributed by atoms with van der Waals surface area (Å²) in [5, 5.41) is 19.0. The quantitative estimate of drug-likeness (QED) is 0.850. The fourth-order valence-electron chi connectivity index (χ4n) is 2.50. The molecule has 0 unspecified atom stereocenters. The van der Waals surface area contributed by atoms with Gasteiger partial charge in [-0.05, 0) is 41.3 Å². The summed E-state index contributed by atoms with van der Waals surface area (Å²) >= 11 is 0. The van der Waals surface area contributed by atoms with Crippen molar-refractivity contribution in [3.63, 3.8) is 0 Å². The summed E-state index contributed by atoms with van der Waals surface area (Å²) in [6.45, 7) is 2.31. The number of hydrogen-bond acceptors (Lipinski definition) is 5. The van der Waals surface area contributed by atoms with Crippen LogP contribution in [-0.2, 0) is 0 Å². The van der Waals surface area contributed by atoms with Crippen molar-refractivity contribution in [2.24, 2.45) is 5.92 Å². The maximum Gasteiger partial charge on any atom is 0.200 e. The van der Waals surface area contributed by atoms with E-state index in [9.17, 15) is 0 Å². The highest BCUT2D eigenvalue weighted by Crippen LogP contribution is 2.25. The molecule has 0 spiro atoms. The smallest absolute Gasteiger partial charge is 0.200 e. The molecule has 0 saturated heterocycles. The third-order valence-corrected chi connectivity index (χ3v) is 3.36. The van der Waals surface area contributed by atoms with Crippen LogP contribution in [0.15, 0.2) is 12.1 Å². The van der Waals surface area contributed by atoms with Crippen LogP contribution in [0.1, 0.15) is 32.6 Å². The molecule has 0 bridgehead atoms. The Hall–Kier alpha value is -1.72. The van der Waals surface area contributed by atoms with Gasteiger partial charge in [0, 0.05) is 6.04 Å². The molecule has 0 aliphatic heterocycles. The Labute approximate surface area is 99.4 Å². The third kappa shape index (κ3) is 2.20. The molecule has 1 aliphatic rings. The lowest BCUT2D eigenvalue weighted by molar-refractivity contribution is 0.358. The van der Waals surface area contributed by atoms with Crippen molar-refractivity contribution in [2.45, 2.75) is 38.6 Å². The largest absolute Gasteiger partial charge is 0.366 e. The van der Waals surface area contributed by atoms with E-state index in [1.165, 1.54) is 30.3 Å². The second-order valence-corrected chi connectivity index (χ2v) is 4.86. The van der Waals surface area contributed by atoms with Crippen LogP contribution in [0.5, 0.6) is 0 Å². The molecular weight excluding hydrogens is 216 g/mol. The molecule has 3 rings (SSSR count). The molecule has 6 heteroatoms. The average molecular weight is 232 g/mol. The number of aromatic nitrogens is 5. The van der Waals surface area contributed by atoms with Crippen LogP contribution in [0.2, 0.25) is 0 Å². The highest BCUT2D eigenvalue weighted by Gasteiger charge is 2.19. The Morgan fingerprint density at radius 2 is 2.29 bits per heavy atom. The van der Waals surface area contributed by atoms with Gasteiger partial charge in [0.05, 0.1) is 0 Å². The van der Waals surface area contributed by atoms with Gasteiger partial charge in [-0.1, -0.05) is 19.8 Å². The van der Waals surface area contributed by atoms with Gasteiger partial charge in [0.2, 0.25) is 0 Å². The molecule has 1 N–H and O–H groups in total. The number of anilines is 1. The first-order valence-corrected chi connectivity index (χ1v) is 6.13. The van der Waals surface area contributed by atoms with Crippen LogP contribution in [0.25, 0.3) is 5.65 Å². The van der Waals surface area contributed by atoms with Crippen LogP contribution >= 0.6 is 0 Å². The summed E-state index contributed by atoms with van der Waals surface area (Å²) in [5.74, 6) is 1.65. The monoisotopic (exact) mass is 232 g/mol. The van der Waals surface area contributed by atoms with E-state index in [2.05, 4.69) is 32.9 Å². The molecule has 17 heavy (non-hydrogen) atoms. The minimum Gasteiger partial charge on any atom is -0.366 e. The van der Waals surface area contributed by atoms with Crippen LogP contribution in [-0.4, -0.2) is 31.3 Å². The molecule has 6 nitrogen and oxygen atoms in total. The van der Waals surface area contributed by atoms with Crippen molar-refractivity contribution in [2.75, 3.05) is 5.32 Å². The molecule has 0 radical (unpaired) electrons. The van der Waals surface area contributed by atoms with Crippen molar-refractivity contribution < 1.29 is 0 Å². The summed E-state index contributed by atoms with van der Waals surface area (Å²) in [4.78, 5) is 0. The molecule has 0 amide bonds. The lowest BCUT2D eigenvalue weighted by Gasteiger charge is -2.27. The Kier molecular flexibility index (Phi) is 2.62. The first-order chi connectivity index (χ1) is 8.31. The van der Waals surface area contributed by atoms with Gasteiger partial charge in [0.25, 0.3) is 0 Å². The molecule has 90 valence electrons. The van der Waals surface area contributed by atoms with E-state index in [-0.39, 0.29) is 0 Å². The molecule has 2 aromatic rings. The van der Waals surface area contributed by atoms with Gasteiger partial charge in [0.1, 0.15) is 5.82 Å². The zero-order valence-electron chi connectivity index (χ0n) is 9.87. The molecule has 2 heterocycles. The zero-order chi connectivity index (χ0) is 11.7. The lowest BCUT2D eigenvalue weighted by Crippen LogP contribution is -2.26. The van der Waals surface area contributed by atoms with Crippen molar-refractivity contribution in [3.05, 3.63) is 12.1 Å². The lowest BCUT2D eigenvalue weighted by atomic mass is 9.87. The number of tetrazole rings is 1. The zero-order valence-corrected chi connectivity index (χ0v) is 9.87. The van der Waals surface area contributed by atoms with Crippen LogP contribution in [0.3, 0.4) is 0 Å². The number of nitrogens with zero attached hydrogens (tertiary/aromatic N) is 5. The van der Waals surface area contributed by atoms with E-state index in [4.69, 9.17) is 0 Å². The molecule has 1 aliphatic carbocycles. The summed E-state index contributed by atoms with van der Waals surface area (Å²) in [5.41, 5.74) is 0.674. The first kappa shape index (κ1) is 10.4. The van der Waals surface area contributed by atoms with Gasteiger partial charge < -0.3 is 5.32 Å². The van der Waals surface area contributed by atoms with Gasteiger partial charge in [-0.25, -0.2) is 0 Å². The Bertz CT molecular complexity index is 507. The second-order valence-electron chi connectivity index (χ2n) is 4.86. The predicted octanol–water partition coefficient (Wildman–Crippen LogP) is 1.51. The van der Waals surface area contributed by atoms with Gasteiger partial charge in [-0.15, -0.1) is 14.8 Å². The summed E-state index contributed by atoms with van der Waals surface area (Å²) < 4.78 is 1.45. The van der Waals surface area contributed by atoms with E-state index in [1.807, 2.05) is 12.1 Å². The Morgan fingerprint density at radius 1 is 1.35 bits per heavy atom. The van der Waals surface area contributed by atoms with Gasteiger partial charge >= 0.3 is 0 Å². The van der Waals surface area contributed by atoms with Crippen LogP contribution in [0, 0.1) is 5.92 Å². The Balaban J connectivity index is 1.75. The maximum absolute atomic E-state index is 4.32. The van der Waals surface area contributed by atoms with E-state index in [0.717, 1.165) is 11.7 Å². The van der Waals surface area contributed by atoms with Crippen molar-refractivity contribution in [1.82, 2.24) is 25.3 Å². The normalized spacial score (nSPS) is 25.0. The minimum absolute atomic E-state index is 0.528. The maximum atomic E-state index is 4.32. The summed E-state index contributed by atoms with van der Waals surface area (Å²) in [6, 6.07) is 4.34. The van der Waals surface area contributed by atoms with E-state index >= 15 is 0 Å². The number of fused-ring (bicyclic) bond motifs is 1. The molecule has 1 saturated carbocycles. The number of nitrogens with one attached hydrogen (secondary N) is 1. The summed E-state index contributed by atoms with van der Waals surface area (Å²) in [6.07, 6.45) is 5.08. The second kappa shape index (κ2) is 4.27. The topological polar surface area (TPSA) is 68.0 Å². The molecule has 0 aromatic carbocycles. The van der Waals surface area contributed by atoms with E-state index < -0.39 is 0 Å². The molecular formula is C11H16N6. The van der Waals surface area contributed by atoms with Crippen molar-refractivity contribution >= 4 is 11.5 Å². The Morgan fingerprint density at radius 3 is 3.18 bits per heavy atom. The van der Waals surface area contributed by atoms with E-state index in [1.54, 1.807) is 0 Å². The highest BCUT2D eigenvalue weighted by atomic mass is 15.6.